The van der Waals surface area contributed by atoms with Gasteiger partial charge in [0.25, 0.3) is 5.91 Å². The average Bonchev–Trinajstić information content (AvgIpc) is 3.45. The Kier molecular flexibility index (Phi) is 8.02. The van der Waals surface area contributed by atoms with Crippen LogP contribution in [0.4, 0.5) is 9.52 Å². The Balaban J connectivity index is 0.00000289. The SMILES string of the molecule is COc1ccc2nc(N(CCCn3ccnc3)C(=O)COc3ccc(F)cc3)sc2c1.Cl. The molecule has 2 aromatic heterocycles. The monoisotopic (exact) mass is 476 g/mol. The quantitative estimate of drug-likeness (QED) is 0.354. The van der Waals surface area contributed by atoms with E-state index >= 15 is 0 Å². The van der Waals surface area contributed by atoms with Crippen LogP contribution in [-0.4, -0.2) is 40.7 Å². The number of carbonyl (C=O) groups is 1. The van der Waals surface area contributed by atoms with E-state index in [-0.39, 0.29) is 30.7 Å². The van der Waals surface area contributed by atoms with Crippen molar-refractivity contribution in [3.63, 3.8) is 0 Å². The van der Waals surface area contributed by atoms with E-state index in [0.29, 0.717) is 17.4 Å². The van der Waals surface area contributed by atoms with Gasteiger partial charge in [0, 0.05) is 25.5 Å². The van der Waals surface area contributed by atoms with Gasteiger partial charge >= 0.3 is 0 Å². The van der Waals surface area contributed by atoms with Crippen LogP contribution >= 0.6 is 23.7 Å². The highest BCUT2D eigenvalue weighted by Crippen LogP contribution is 2.31. The first-order valence-corrected chi connectivity index (χ1v) is 10.5. The molecule has 168 valence electrons. The summed E-state index contributed by atoms with van der Waals surface area (Å²) in [5, 5.41) is 0.599. The number of hydrogen-bond donors (Lipinski definition) is 0. The number of carbonyl (C=O) groups excluding carboxylic acids is 1. The third-order valence-corrected chi connectivity index (χ3v) is 5.69. The fourth-order valence-corrected chi connectivity index (χ4v) is 4.08. The number of rotatable bonds is 9. The summed E-state index contributed by atoms with van der Waals surface area (Å²) in [5.74, 6) is 0.591. The van der Waals surface area contributed by atoms with Crippen LogP contribution in [0.2, 0.25) is 0 Å². The van der Waals surface area contributed by atoms with Crippen molar-refractivity contribution >= 4 is 45.0 Å². The number of fused-ring (bicyclic) bond motifs is 1. The Hall–Kier alpha value is -3.17. The van der Waals surface area contributed by atoms with Gasteiger partial charge in [0.2, 0.25) is 0 Å². The van der Waals surface area contributed by atoms with Crippen molar-refractivity contribution in [3.05, 3.63) is 67.0 Å². The van der Waals surface area contributed by atoms with Gasteiger partial charge in [-0.1, -0.05) is 11.3 Å². The lowest BCUT2D eigenvalue weighted by molar-refractivity contribution is -0.120. The van der Waals surface area contributed by atoms with Crippen LogP contribution < -0.4 is 14.4 Å². The fourth-order valence-electron chi connectivity index (χ4n) is 3.05. The molecule has 4 aromatic rings. The van der Waals surface area contributed by atoms with Gasteiger partial charge in [-0.15, -0.1) is 12.4 Å². The summed E-state index contributed by atoms with van der Waals surface area (Å²) in [7, 11) is 1.61. The van der Waals surface area contributed by atoms with Crippen LogP contribution in [0.1, 0.15) is 6.42 Å². The van der Waals surface area contributed by atoms with Gasteiger partial charge in [0.1, 0.15) is 17.3 Å². The van der Waals surface area contributed by atoms with Gasteiger partial charge in [-0.3, -0.25) is 9.69 Å². The normalized spacial score (nSPS) is 10.6. The summed E-state index contributed by atoms with van der Waals surface area (Å²) < 4.78 is 26.8. The minimum atomic E-state index is -0.357. The second-order valence-electron chi connectivity index (χ2n) is 6.77. The zero-order valence-corrected chi connectivity index (χ0v) is 18.9. The van der Waals surface area contributed by atoms with Crippen molar-refractivity contribution in [2.75, 3.05) is 25.2 Å². The first-order chi connectivity index (χ1) is 15.1. The number of imidazole rings is 1. The third kappa shape index (κ3) is 5.74. The molecule has 0 saturated carbocycles. The van der Waals surface area contributed by atoms with Gasteiger partial charge < -0.3 is 14.0 Å². The Bertz CT molecular complexity index is 1150. The highest BCUT2D eigenvalue weighted by atomic mass is 35.5. The summed E-state index contributed by atoms with van der Waals surface area (Å²) >= 11 is 1.42. The molecule has 7 nitrogen and oxygen atoms in total. The van der Waals surface area contributed by atoms with Gasteiger partial charge in [0.05, 0.1) is 23.7 Å². The van der Waals surface area contributed by atoms with Crippen molar-refractivity contribution in [3.8, 4) is 11.5 Å². The number of methoxy groups -OCH3 is 1. The lowest BCUT2D eigenvalue weighted by Crippen LogP contribution is -2.36. The number of thiazole rings is 1. The molecule has 4 rings (SSSR count). The smallest absolute Gasteiger partial charge is 0.266 e. The van der Waals surface area contributed by atoms with E-state index in [2.05, 4.69) is 9.97 Å². The molecule has 0 N–H and O–H groups in total. The van der Waals surface area contributed by atoms with Crippen molar-refractivity contribution in [1.29, 1.82) is 0 Å². The molecule has 0 unspecified atom stereocenters. The second-order valence-corrected chi connectivity index (χ2v) is 7.78. The van der Waals surface area contributed by atoms with Gasteiger partial charge in [-0.25, -0.2) is 14.4 Å². The van der Waals surface area contributed by atoms with Crippen molar-refractivity contribution < 1.29 is 18.7 Å². The number of ether oxygens (including phenoxy) is 2. The third-order valence-electron chi connectivity index (χ3n) is 4.65. The molecule has 2 heterocycles. The molecule has 0 atom stereocenters. The molecule has 0 aliphatic rings. The van der Waals surface area contributed by atoms with Crippen LogP contribution in [0, 0.1) is 5.82 Å². The lowest BCUT2D eigenvalue weighted by atomic mass is 10.3. The second kappa shape index (κ2) is 10.9. The molecule has 2 aromatic carbocycles. The number of nitrogens with zero attached hydrogens (tertiary/aromatic N) is 4. The van der Waals surface area contributed by atoms with Crippen LogP contribution in [0.15, 0.2) is 61.2 Å². The molecule has 0 spiro atoms. The molecule has 10 heteroatoms. The minimum absolute atomic E-state index is 0. The predicted molar refractivity (Wildman–Crippen MR) is 125 cm³/mol. The Morgan fingerprint density at radius 2 is 1.97 bits per heavy atom. The Labute approximate surface area is 194 Å². The van der Waals surface area contributed by atoms with Crippen molar-refractivity contribution in [1.82, 2.24) is 14.5 Å². The molecule has 32 heavy (non-hydrogen) atoms. The topological polar surface area (TPSA) is 69.5 Å². The number of aryl methyl sites for hydroxylation is 1. The lowest BCUT2D eigenvalue weighted by Gasteiger charge is -2.20. The maximum atomic E-state index is 13.1. The number of halogens is 2. The molecular formula is C22H22ClFN4O3S. The maximum absolute atomic E-state index is 13.1. The van der Waals surface area contributed by atoms with Crippen LogP contribution in [0.3, 0.4) is 0 Å². The van der Waals surface area contributed by atoms with Crippen molar-refractivity contribution in [2.24, 2.45) is 0 Å². The summed E-state index contributed by atoms with van der Waals surface area (Å²) in [6.07, 6.45) is 6.07. The predicted octanol–water partition coefficient (Wildman–Crippen LogP) is 4.56. The first kappa shape index (κ1) is 23.5. The molecule has 0 bridgehead atoms. The van der Waals surface area contributed by atoms with E-state index in [9.17, 15) is 9.18 Å². The standard InChI is InChI=1S/C22H21FN4O3S.ClH/c1-29-18-7-8-19-20(13-18)31-22(25-19)27(11-2-10-26-12-9-24-15-26)21(28)14-30-17-5-3-16(23)4-6-17;/h3-9,12-13,15H,2,10-11,14H2,1H3;1H. The van der Waals surface area contributed by atoms with Crippen LogP contribution in [0.25, 0.3) is 10.2 Å². The van der Waals surface area contributed by atoms with E-state index in [0.717, 1.165) is 28.9 Å². The number of hydrogen-bond acceptors (Lipinski definition) is 6. The van der Waals surface area contributed by atoms with Gasteiger partial charge in [-0.2, -0.15) is 0 Å². The Morgan fingerprint density at radius 1 is 1.19 bits per heavy atom. The summed E-state index contributed by atoms with van der Waals surface area (Å²) in [6, 6.07) is 11.2. The number of amides is 1. The zero-order chi connectivity index (χ0) is 21.6. The Morgan fingerprint density at radius 3 is 2.69 bits per heavy atom. The summed E-state index contributed by atoms with van der Waals surface area (Å²) in [5.41, 5.74) is 0.799. The fraction of sp³-hybridized carbons (Fsp3) is 0.227. The van der Waals surface area contributed by atoms with Gasteiger partial charge in [0.15, 0.2) is 11.7 Å². The van der Waals surface area contributed by atoms with Crippen molar-refractivity contribution in [2.45, 2.75) is 13.0 Å². The molecule has 0 radical (unpaired) electrons. The number of anilines is 1. The molecule has 0 aliphatic carbocycles. The first-order valence-electron chi connectivity index (χ1n) is 9.71. The zero-order valence-electron chi connectivity index (χ0n) is 17.3. The highest BCUT2D eigenvalue weighted by Gasteiger charge is 2.20. The molecule has 0 aliphatic heterocycles. The van der Waals surface area contributed by atoms with Crippen LogP contribution in [0.5, 0.6) is 11.5 Å². The largest absolute Gasteiger partial charge is 0.497 e. The minimum Gasteiger partial charge on any atom is -0.497 e. The maximum Gasteiger partial charge on any atom is 0.266 e. The average molecular weight is 477 g/mol. The van der Waals surface area contributed by atoms with E-state index < -0.39 is 0 Å². The highest BCUT2D eigenvalue weighted by molar-refractivity contribution is 7.22. The van der Waals surface area contributed by atoms with Gasteiger partial charge in [-0.05, 0) is 48.9 Å². The van der Waals surface area contributed by atoms with E-state index in [1.54, 1.807) is 24.5 Å². The molecule has 1 amide bonds. The van der Waals surface area contributed by atoms with Crippen LogP contribution in [-0.2, 0) is 11.3 Å². The molecular weight excluding hydrogens is 455 g/mol. The van der Waals surface area contributed by atoms with E-state index in [4.69, 9.17) is 9.47 Å². The number of aromatic nitrogens is 3. The molecule has 0 saturated heterocycles. The summed E-state index contributed by atoms with van der Waals surface area (Å²) in [4.78, 5) is 23.3. The molecule has 0 fully saturated rings. The van der Waals surface area contributed by atoms with E-state index in [1.807, 2.05) is 29.0 Å². The number of benzene rings is 2. The van der Waals surface area contributed by atoms with E-state index in [1.165, 1.54) is 35.6 Å². The summed E-state index contributed by atoms with van der Waals surface area (Å²) in [6.45, 7) is 1.03.